The minimum Gasteiger partial charge on any atom is -0.396 e. The standard InChI is InChI=1S/C10H14ClN3O2/c11-8-2-1-7(12)9(14-8)13-5-10(15)3-4-16-6-10/h1-2,15H,3-6,12H2,(H,13,14). The summed E-state index contributed by atoms with van der Waals surface area (Å²) in [6.45, 7) is 1.27. The van der Waals surface area contributed by atoms with Crippen LogP contribution in [0.4, 0.5) is 11.5 Å². The summed E-state index contributed by atoms with van der Waals surface area (Å²) in [5, 5.41) is 13.4. The Morgan fingerprint density at radius 2 is 2.44 bits per heavy atom. The van der Waals surface area contributed by atoms with Crippen LogP contribution in [0.1, 0.15) is 6.42 Å². The van der Waals surface area contributed by atoms with E-state index in [2.05, 4.69) is 10.3 Å². The molecule has 1 unspecified atom stereocenters. The van der Waals surface area contributed by atoms with Crippen LogP contribution in [0.25, 0.3) is 0 Å². The average Bonchev–Trinajstić information content (AvgIpc) is 2.67. The number of aliphatic hydroxyl groups is 1. The zero-order chi connectivity index (χ0) is 11.6. The summed E-state index contributed by atoms with van der Waals surface area (Å²) in [4.78, 5) is 4.04. The molecule has 0 amide bonds. The lowest BCUT2D eigenvalue weighted by Gasteiger charge is -2.21. The van der Waals surface area contributed by atoms with E-state index < -0.39 is 5.60 Å². The van der Waals surface area contributed by atoms with Gasteiger partial charge in [0, 0.05) is 19.6 Å². The topological polar surface area (TPSA) is 80.4 Å². The monoisotopic (exact) mass is 243 g/mol. The molecule has 16 heavy (non-hydrogen) atoms. The van der Waals surface area contributed by atoms with E-state index in [1.165, 1.54) is 0 Å². The minimum absolute atomic E-state index is 0.334. The molecule has 2 rings (SSSR count). The Labute approximate surface area is 98.6 Å². The highest BCUT2D eigenvalue weighted by Crippen LogP contribution is 2.22. The highest BCUT2D eigenvalue weighted by atomic mass is 35.5. The molecule has 0 spiro atoms. The van der Waals surface area contributed by atoms with Gasteiger partial charge in [-0.05, 0) is 12.1 Å². The molecule has 4 N–H and O–H groups in total. The van der Waals surface area contributed by atoms with Crippen molar-refractivity contribution in [3.05, 3.63) is 17.3 Å². The molecule has 1 fully saturated rings. The lowest BCUT2D eigenvalue weighted by Crippen LogP contribution is -2.37. The molecular formula is C10H14ClN3O2. The Morgan fingerprint density at radius 1 is 1.62 bits per heavy atom. The Balaban J connectivity index is 2.01. The van der Waals surface area contributed by atoms with E-state index >= 15 is 0 Å². The first-order valence-electron chi connectivity index (χ1n) is 5.05. The summed E-state index contributed by atoms with van der Waals surface area (Å²) in [6.07, 6.45) is 0.612. The van der Waals surface area contributed by atoms with Crippen molar-refractivity contribution >= 4 is 23.1 Å². The van der Waals surface area contributed by atoms with Crippen LogP contribution in [0.2, 0.25) is 5.15 Å². The van der Waals surface area contributed by atoms with E-state index in [9.17, 15) is 5.11 Å². The van der Waals surface area contributed by atoms with Gasteiger partial charge in [0.1, 0.15) is 10.8 Å². The number of ether oxygens (including phenoxy) is 1. The number of rotatable bonds is 3. The number of hydrogen-bond acceptors (Lipinski definition) is 5. The number of nitrogens with one attached hydrogen (secondary N) is 1. The summed E-state index contributed by atoms with van der Waals surface area (Å²) in [7, 11) is 0. The lowest BCUT2D eigenvalue weighted by molar-refractivity contribution is 0.0381. The third kappa shape index (κ3) is 2.55. The summed E-state index contributed by atoms with van der Waals surface area (Å²) < 4.78 is 5.13. The van der Waals surface area contributed by atoms with Gasteiger partial charge in [-0.3, -0.25) is 0 Å². The Kier molecular flexibility index (Phi) is 3.18. The molecule has 6 heteroatoms. The number of nitrogen functional groups attached to an aromatic ring is 1. The predicted octanol–water partition coefficient (Wildman–Crippen LogP) is 0.881. The van der Waals surface area contributed by atoms with Gasteiger partial charge in [0.25, 0.3) is 0 Å². The third-order valence-electron chi connectivity index (χ3n) is 2.56. The number of hydrogen-bond donors (Lipinski definition) is 3. The van der Waals surface area contributed by atoms with Crippen LogP contribution in [0.3, 0.4) is 0 Å². The zero-order valence-electron chi connectivity index (χ0n) is 8.74. The minimum atomic E-state index is -0.837. The van der Waals surface area contributed by atoms with E-state index in [0.29, 0.717) is 42.8 Å². The molecule has 1 aromatic rings. The summed E-state index contributed by atoms with van der Waals surface area (Å²) in [6, 6.07) is 3.29. The first kappa shape index (κ1) is 11.4. The molecule has 0 aromatic carbocycles. The highest BCUT2D eigenvalue weighted by Gasteiger charge is 2.32. The highest BCUT2D eigenvalue weighted by molar-refractivity contribution is 6.29. The number of halogens is 1. The summed E-state index contributed by atoms with van der Waals surface area (Å²) in [5.41, 5.74) is 5.39. The molecule has 2 heterocycles. The van der Waals surface area contributed by atoms with Crippen molar-refractivity contribution < 1.29 is 9.84 Å². The van der Waals surface area contributed by atoms with E-state index in [0.717, 1.165) is 0 Å². The molecule has 5 nitrogen and oxygen atoms in total. The molecule has 1 aliphatic heterocycles. The molecular weight excluding hydrogens is 230 g/mol. The lowest BCUT2D eigenvalue weighted by atomic mass is 10.0. The molecule has 0 aliphatic carbocycles. The van der Waals surface area contributed by atoms with E-state index in [1.807, 2.05) is 0 Å². The van der Waals surface area contributed by atoms with Crippen LogP contribution >= 0.6 is 11.6 Å². The largest absolute Gasteiger partial charge is 0.396 e. The fraction of sp³-hybridized carbons (Fsp3) is 0.500. The molecule has 0 radical (unpaired) electrons. The molecule has 0 bridgehead atoms. The molecule has 1 aliphatic rings. The van der Waals surface area contributed by atoms with Crippen molar-refractivity contribution in [3.8, 4) is 0 Å². The fourth-order valence-electron chi connectivity index (χ4n) is 1.57. The first-order valence-corrected chi connectivity index (χ1v) is 5.43. The van der Waals surface area contributed by atoms with Crippen molar-refractivity contribution in [3.63, 3.8) is 0 Å². The molecule has 1 aromatic heterocycles. The number of pyridine rings is 1. The number of nitrogens with zero attached hydrogens (tertiary/aromatic N) is 1. The van der Waals surface area contributed by atoms with Crippen LogP contribution in [-0.2, 0) is 4.74 Å². The predicted molar refractivity (Wildman–Crippen MR) is 62.5 cm³/mol. The van der Waals surface area contributed by atoms with Gasteiger partial charge in [0.2, 0.25) is 0 Å². The summed E-state index contributed by atoms with van der Waals surface area (Å²) in [5.74, 6) is 0.493. The third-order valence-corrected chi connectivity index (χ3v) is 2.77. The van der Waals surface area contributed by atoms with Crippen LogP contribution < -0.4 is 11.1 Å². The normalized spacial score (nSPS) is 24.6. The SMILES string of the molecule is Nc1ccc(Cl)nc1NCC1(O)CCOC1. The Bertz CT molecular complexity index is 380. The van der Waals surface area contributed by atoms with Gasteiger partial charge in [0.15, 0.2) is 5.82 Å². The second-order valence-corrected chi connectivity index (χ2v) is 4.34. The van der Waals surface area contributed by atoms with Crippen LogP contribution in [-0.4, -0.2) is 35.5 Å². The van der Waals surface area contributed by atoms with Gasteiger partial charge in [-0.15, -0.1) is 0 Å². The first-order chi connectivity index (χ1) is 7.59. The Hall–Kier alpha value is -1.04. The van der Waals surface area contributed by atoms with Crippen molar-refractivity contribution in [2.75, 3.05) is 30.8 Å². The van der Waals surface area contributed by atoms with Crippen molar-refractivity contribution in [2.24, 2.45) is 0 Å². The van der Waals surface area contributed by atoms with E-state index in [4.69, 9.17) is 22.1 Å². The smallest absolute Gasteiger partial charge is 0.151 e. The van der Waals surface area contributed by atoms with Gasteiger partial charge < -0.3 is 20.9 Å². The fourth-order valence-corrected chi connectivity index (χ4v) is 1.72. The maximum Gasteiger partial charge on any atom is 0.151 e. The van der Waals surface area contributed by atoms with E-state index in [1.54, 1.807) is 12.1 Å². The Morgan fingerprint density at radius 3 is 3.12 bits per heavy atom. The second kappa shape index (κ2) is 4.45. The van der Waals surface area contributed by atoms with Crippen LogP contribution in [0, 0.1) is 0 Å². The van der Waals surface area contributed by atoms with Gasteiger partial charge >= 0.3 is 0 Å². The average molecular weight is 244 g/mol. The zero-order valence-corrected chi connectivity index (χ0v) is 9.50. The second-order valence-electron chi connectivity index (χ2n) is 3.95. The van der Waals surface area contributed by atoms with Gasteiger partial charge in [-0.25, -0.2) is 4.98 Å². The number of anilines is 2. The maximum atomic E-state index is 10.0. The van der Waals surface area contributed by atoms with Crippen molar-refractivity contribution in [2.45, 2.75) is 12.0 Å². The summed E-state index contributed by atoms with van der Waals surface area (Å²) >= 11 is 5.75. The van der Waals surface area contributed by atoms with Crippen LogP contribution in [0.15, 0.2) is 12.1 Å². The molecule has 0 saturated carbocycles. The quantitative estimate of drug-likeness (QED) is 0.687. The molecule has 88 valence electrons. The van der Waals surface area contributed by atoms with Crippen molar-refractivity contribution in [1.29, 1.82) is 0 Å². The van der Waals surface area contributed by atoms with Crippen molar-refractivity contribution in [1.82, 2.24) is 4.98 Å². The maximum absolute atomic E-state index is 10.0. The van der Waals surface area contributed by atoms with Gasteiger partial charge in [0.05, 0.1) is 12.3 Å². The molecule has 1 saturated heterocycles. The number of aromatic nitrogens is 1. The van der Waals surface area contributed by atoms with Gasteiger partial charge in [-0.2, -0.15) is 0 Å². The number of nitrogens with two attached hydrogens (primary N) is 1. The van der Waals surface area contributed by atoms with E-state index in [-0.39, 0.29) is 0 Å². The van der Waals surface area contributed by atoms with Crippen LogP contribution in [0.5, 0.6) is 0 Å². The molecule has 1 atom stereocenters. The van der Waals surface area contributed by atoms with Gasteiger partial charge in [-0.1, -0.05) is 11.6 Å².